The molecule has 1 fully saturated rings. The van der Waals surface area contributed by atoms with E-state index >= 15 is 0 Å². The Balaban J connectivity index is 1.84. The van der Waals surface area contributed by atoms with Crippen molar-refractivity contribution in [3.8, 4) is 0 Å². The van der Waals surface area contributed by atoms with Gasteiger partial charge in [-0.3, -0.25) is 0 Å². The Morgan fingerprint density at radius 3 is 2.88 bits per heavy atom. The second kappa shape index (κ2) is 4.27. The lowest BCUT2D eigenvalue weighted by molar-refractivity contribution is 0.298. The molecule has 0 radical (unpaired) electrons. The second-order valence-corrected chi connectivity index (χ2v) is 5.17. The van der Waals surface area contributed by atoms with Gasteiger partial charge in [-0.1, -0.05) is 30.2 Å². The second-order valence-electron chi connectivity index (χ2n) is 4.77. The van der Waals surface area contributed by atoms with Gasteiger partial charge in [0.2, 0.25) is 0 Å². The van der Waals surface area contributed by atoms with Crippen LogP contribution in [0.5, 0.6) is 0 Å². The lowest BCUT2D eigenvalue weighted by Gasteiger charge is -2.35. The van der Waals surface area contributed by atoms with Crippen LogP contribution in [0.2, 0.25) is 5.02 Å². The first-order chi connectivity index (χ1) is 7.84. The Bertz CT molecular complexity index is 388. The van der Waals surface area contributed by atoms with Gasteiger partial charge >= 0.3 is 0 Å². The summed E-state index contributed by atoms with van der Waals surface area (Å²) in [4.78, 5) is 0. The molecule has 1 aromatic carbocycles. The predicted octanol–water partition coefficient (Wildman–Crippen LogP) is 3.34. The molecule has 3 rings (SSSR count). The SMILES string of the molecule is Clc1cccc2c1NCCC2NC1CCC1. The fourth-order valence-electron chi connectivity index (χ4n) is 2.55. The third kappa shape index (κ3) is 1.80. The molecule has 1 unspecified atom stereocenters. The standard InChI is InChI=1S/C13H17ClN2/c14-11-6-2-5-10-12(7-8-15-13(10)11)16-9-3-1-4-9/h2,5-6,9,12,15-16H,1,3-4,7-8H2. The molecule has 86 valence electrons. The Hall–Kier alpha value is -0.730. The summed E-state index contributed by atoms with van der Waals surface area (Å²) in [5.41, 5.74) is 2.47. The smallest absolute Gasteiger partial charge is 0.0640 e. The van der Waals surface area contributed by atoms with E-state index in [1.54, 1.807) is 0 Å². The van der Waals surface area contributed by atoms with Gasteiger partial charge in [-0.15, -0.1) is 0 Å². The molecule has 0 spiro atoms. The quantitative estimate of drug-likeness (QED) is 0.823. The fourth-order valence-corrected chi connectivity index (χ4v) is 2.80. The summed E-state index contributed by atoms with van der Waals surface area (Å²) in [5.74, 6) is 0. The van der Waals surface area contributed by atoms with Crippen LogP contribution in [0, 0.1) is 0 Å². The van der Waals surface area contributed by atoms with Crippen molar-refractivity contribution < 1.29 is 0 Å². The molecule has 2 aliphatic rings. The van der Waals surface area contributed by atoms with E-state index in [2.05, 4.69) is 16.7 Å². The maximum atomic E-state index is 6.20. The summed E-state index contributed by atoms with van der Waals surface area (Å²) < 4.78 is 0. The molecule has 0 bridgehead atoms. The topological polar surface area (TPSA) is 24.1 Å². The maximum Gasteiger partial charge on any atom is 0.0640 e. The lowest BCUT2D eigenvalue weighted by atomic mass is 9.89. The number of anilines is 1. The van der Waals surface area contributed by atoms with Gasteiger partial charge in [-0.25, -0.2) is 0 Å². The van der Waals surface area contributed by atoms with Crippen LogP contribution >= 0.6 is 11.6 Å². The van der Waals surface area contributed by atoms with Gasteiger partial charge in [-0.05, 0) is 30.9 Å². The van der Waals surface area contributed by atoms with E-state index in [9.17, 15) is 0 Å². The summed E-state index contributed by atoms with van der Waals surface area (Å²) in [6.45, 7) is 1.02. The number of para-hydroxylation sites is 1. The number of hydrogen-bond donors (Lipinski definition) is 2. The molecule has 0 aromatic heterocycles. The van der Waals surface area contributed by atoms with E-state index < -0.39 is 0 Å². The van der Waals surface area contributed by atoms with Crippen molar-refractivity contribution in [1.29, 1.82) is 0 Å². The number of fused-ring (bicyclic) bond motifs is 1. The Labute approximate surface area is 101 Å². The van der Waals surface area contributed by atoms with E-state index in [0.717, 1.165) is 29.7 Å². The van der Waals surface area contributed by atoms with Gasteiger partial charge in [-0.2, -0.15) is 0 Å². The first-order valence-corrected chi connectivity index (χ1v) is 6.51. The molecule has 2 nitrogen and oxygen atoms in total. The van der Waals surface area contributed by atoms with E-state index in [0.29, 0.717) is 6.04 Å². The molecule has 1 aliphatic carbocycles. The van der Waals surface area contributed by atoms with E-state index in [4.69, 9.17) is 11.6 Å². The van der Waals surface area contributed by atoms with Crippen LogP contribution in [0.25, 0.3) is 0 Å². The summed E-state index contributed by atoms with van der Waals surface area (Å²) >= 11 is 6.20. The van der Waals surface area contributed by atoms with Gasteiger partial charge in [0, 0.05) is 18.6 Å². The monoisotopic (exact) mass is 236 g/mol. The van der Waals surface area contributed by atoms with Crippen LogP contribution in [0.3, 0.4) is 0 Å². The van der Waals surface area contributed by atoms with Crippen molar-refractivity contribution in [1.82, 2.24) is 5.32 Å². The van der Waals surface area contributed by atoms with Crippen LogP contribution in [-0.2, 0) is 0 Å². The van der Waals surface area contributed by atoms with Crippen LogP contribution in [0.1, 0.15) is 37.3 Å². The minimum absolute atomic E-state index is 0.486. The molecule has 3 heteroatoms. The van der Waals surface area contributed by atoms with Crippen LogP contribution in [-0.4, -0.2) is 12.6 Å². The Morgan fingerprint density at radius 1 is 1.25 bits per heavy atom. The Kier molecular flexibility index (Phi) is 2.78. The van der Waals surface area contributed by atoms with Gasteiger partial charge < -0.3 is 10.6 Å². The number of nitrogens with one attached hydrogen (secondary N) is 2. The average molecular weight is 237 g/mol. The molecule has 1 aliphatic heterocycles. The molecule has 0 amide bonds. The van der Waals surface area contributed by atoms with Crippen molar-refractivity contribution in [2.45, 2.75) is 37.8 Å². The number of hydrogen-bond acceptors (Lipinski definition) is 2. The zero-order chi connectivity index (χ0) is 11.0. The van der Waals surface area contributed by atoms with Crippen LogP contribution < -0.4 is 10.6 Å². The first kappa shape index (κ1) is 10.4. The van der Waals surface area contributed by atoms with Gasteiger partial charge in [0.1, 0.15) is 0 Å². The van der Waals surface area contributed by atoms with Gasteiger partial charge in [0.05, 0.1) is 10.7 Å². The zero-order valence-corrected chi connectivity index (χ0v) is 10.1. The normalized spacial score (nSPS) is 24.4. The summed E-state index contributed by atoms with van der Waals surface area (Å²) in [6.07, 6.45) is 5.20. The van der Waals surface area contributed by atoms with Crippen molar-refractivity contribution in [2.24, 2.45) is 0 Å². The molecule has 2 N–H and O–H groups in total. The highest BCUT2D eigenvalue weighted by molar-refractivity contribution is 6.33. The number of benzene rings is 1. The lowest BCUT2D eigenvalue weighted by Crippen LogP contribution is -2.40. The van der Waals surface area contributed by atoms with Gasteiger partial charge in [0.25, 0.3) is 0 Å². The first-order valence-electron chi connectivity index (χ1n) is 6.13. The molecule has 1 aromatic rings. The summed E-state index contributed by atoms with van der Waals surface area (Å²) in [6, 6.07) is 7.40. The average Bonchev–Trinajstić information content (AvgIpc) is 2.24. The van der Waals surface area contributed by atoms with E-state index in [-0.39, 0.29) is 0 Å². The number of halogens is 1. The van der Waals surface area contributed by atoms with E-state index in [1.165, 1.54) is 24.8 Å². The van der Waals surface area contributed by atoms with Crippen LogP contribution in [0.4, 0.5) is 5.69 Å². The summed E-state index contributed by atoms with van der Waals surface area (Å²) in [7, 11) is 0. The fraction of sp³-hybridized carbons (Fsp3) is 0.538. The van der Waals surface area contributed by atoms with Crippen molar-refractivity contribution in [3.05, 3.63) is 28.8 Å². The molecular weight excluding hydrogens is 220 g/mol. The predicted molar refractivity (Wildman–Crippen MR) is 68.1 cm³/mol. The minimum Gasteiger partial charge on any atom is -0.383 e. The molecule has 1 atom stereocenters. The Morgan fingerprint density at radius 2 is 2.12 bits per heavy atom. The molecule has 1 heterocycles. The third-order valence-corrected chi connectivity index (χ3v) is 4.01. The molecular formula is C13H17ClN2. The minimum atomic E-state index is 0.486. The van der Waals surface area contributed by atoms with Gasteiger partial charge in [0.15, 0.2) is 0 Å². The molecule has 16 heavy (non-hydrogen) atoms. The third-order valence-electron chi connectivity index (χ3n) is 3.70. The molecule has 0 saturated heterocycles. The highest BCUT2D eigenvalue weighted by Gasteiger charge is 2.26. The van der Waals surface area contributed by atoms with Crippen LogP contribution in [0.15, 0.2) is 18.2 Å². The van der Waals surface area contributed by atoms with E-state index in [1.807, 2.05) is 12.1 Å². The highest BCUT2D eigenvalue weighted by atomic mass is 35.5. The highest BCUT2D eigenvalue weighted by Crippen LogP contribution is 2.36. The van der Waals surface area contributed by atoms with Crippen molar-refractivity contribution in [3.63, 3.8) is 0 Å². The molecule has 1 saturated carbocycles. The maximum absolute atomic E-state index is 6.20. The van der Waals surface area contributed by atoms with Crippen molar-refractivity contribution in [2.75, 3.05) is 11.9 Å². The number of rotatable bonds is 2. The zero-order valence-electron chi connectivity index (χ0n) is 9.30. The largest absolute Gasteiger partial charge is 0.383 e. The summed E-state index contributed by atoms with van der Waals surface area (Å²) in [5, 5.41) is 7.98. The van der Waals surface area contributed by atoms with Crippen molar-refractivity contribution >= 4 is 17.3 Å².